The highest BCUT2D eigenvalue weighted by Crippen LogP contribution is 2.25. The van der Waals surface area contributed by atoms with Crippen molar-refractivity contribution >= 4 is 17.3 Å². The number of rotatable bonds is 5. The first kappa shape index (κ1) is 13.5. The molecule has 6 nitrogen and oxygen atoms in total. The van der Waals surface area contributed by atoms with Gasteiger partial charge >= 0.3 is 0 Å². The molecule has 0 heterocycles. The summed E-state index contributed by atoms with van der Waals surface area (Å²) < 4.78 is 0. The molecule has 6 heteroatoms. The van der Waals surface area contributed by atoms with Crippen molar-refractivity contribution in [2.24, 2.45) is 0 Å². The van der Waals surface area contributed by atoms with E-state index in [2.05, 4.69) is 16.6 Å². The zero-order chi connectivity index (χ0) is 13.5. The molecule has 2 N–H and O–H groups in total. The van der Waals surface area contributed by atoms with Crippen LogP contribution in [0.2, 0.25) is 0 Å². The molecule has 1 amide bonds. The Bertz CT molecular complexity index is 506. The van der Waals surface area contributed by atoms with Gasteiger partial charge in [-0.2, -0.15) is 0 Å². The summed E-state index contributed by atoms with van der Waals surface area (Å²) in [6.07, 6.45) is 5.56. The maximum Gasteiger partial charge on any atom is 0.293 e. The van der Waals surface area contributed by atoms with Crippen LogP contribution in [0.3, 0.4) is 0 Å². The number of amides is 1. The molecule has 0 atom stereocenters. The van der Waals surface area contributed by atoms with Gasteiger partial charge in [-0.1, -0.05) is 0 Å². The van der Waals surface area contributed by atoms with Crippen LogP contribution in [0.15, 0.2) is 18.2 Å². The van der Waals surface area contributed by atoms with E-state index in [-0.39, 0.29) is 17.2 Å². The molecule has 0 radical (unpaired) electrons. The molecule has 0 aliphatic heterocycles. The smallest absolute Gasteiger partial charge is 0.293 e. The van der Waals surface area contributed by atoms with Crippen LogP contribution in [0.4, 0.5) is 11.4 Å². The van der Waals surface area contributed by atoms with Crippen molar-refractivity contribution in [3.05, 3.63) is 33.9 Å². The van der Waals surface area contributed by atoms with E-state index in [0.717, 1.165) is 0 Å². The van der Waals surface area contributed by atoms with Gasteiger partial charge in [0.05, 0.1) is 4.92 Å². The number of carbonyl (C=O) groups is 1. The Morgan fingerprint density at radius 2 is 2.28 bits per heavy atom. The Morgan fingerprint density at radius 3 is 2.83 bits per heavy atom. The van der Waals surface area contributed by atoms with Crippen LogP contribution >= 0.6 is 0 Å². The Morgan fingerprint density at radius 1 is 1.56 bits per heavy atom. The van der Waals surface area contributed by atoms with E-state index in [9.17, 15) is 14.9 Å². The molecule has 0 fully saturated rings. The zero-order valence-corrected chi connectivity index (χ0v) is 9.90. The normalized spacial score (nSPS) is 9.33. The summed E-state index contributed by atoms with van der Waals surface area (Å²) in [5, 5.41) is 16.2. The molecular weight excluding hydrogens is 234 g/mol. The van der Waals surface area contributed by atoms with E-state index < -0.39 is 4.92 Å². The molecule has 1 aromatic rings. The number of terminal acetylenes is 1. The summed E-state index contributed by atoms with van der Waals surface area (Å²) in [6.45, 7) is 0.441. The first-order chi connectivity index (χ1) is 8.60. The zero-order valence-electron chi connectivity index (χ0n) is 9.90. The third kappa shape index (κ3) is 3.22. The van der Waals surface area contributed by atoms with Crippen molar-refractivity contribution in [1.29, 1.82) is 0 Å². The molecular formula is C12H13N3O3. The Kier molecular flexibility index (Phi) is 4.69. The van der Waals surface area contributed by atoms with Crippen LogP contribution < -0.4 is 10.6 Å². The molecule has 1 rings (SSSR count). The number of nitro benzene ring substituents is 1. The number of carbonyl (C=O) groups excluding carboxylic acids is 1. The van der Waals surface area contributed by atoms with Crippen molar-refractivity contribution in [1.82, 2.24) is 5.32 Å². The average Bonchev–Trinajstić information content (AvgIpc) is 2.38. The average molecular weight is 247 g/mol. The summed E-state index contributed by atoms with van der Waals surface area (Å²) >= 11 is 0. The summed E-state index contributed by atoms with van der Waals surface area (Å²) in [6, 6.07) is 4.25. The minimum absolute atomic E-state index is 0.145. The molecule has 0 bridgehead atoms. The molecule has 0 saturated heterocycles. The van der Waals surface area contributed by atoms with Gasteiger partial charge in [0, 0.05) is 31.6 Å². The highest BCUT2D eigenvalue weighted by atomic mass is 16.6. The fourth-order valence-electron chi connectivity index (χ4n) is 1.39. The lowest BCUT2D eigenvalue weighted by atomic mass is 10.1. The summed E-state index contributed by atoms with van der Waals surface area (Å²) in [5.74, 6) is 2.06. The summed E-state index contributed by atoms with van der Waals surface area (Å²) in [4.78, 5) is 21.8. The van der Waals surface area contributed by atoms with E-state index in [1.165, 1.54) is 25.2 Å². The Balaban J connectivity index is 3.01. The molecule has 94 valence electrons. The molecule has 0 aliphatic carbocycles. The van der Waals surface area contributed by atoms with Gasteiger partial charge in [-0.05, 0) is 12.1 Å². The van der Waals surface area contributed by atoms with Crippen LogP contribution in [-0.2, 0) is 0 Å². The predicted molar refractivity (Wildman–Crippen MR) is 68.4 cm³/mol. The molecule has 1 aromatic carbocycles. The second-order valence-corrected chi connectivity index (χ2v) is 3.45. The van der Waals surface area contributed by atoms with Gasteiger partial charge in [-0.25, -0.2) is 0 Å². The van der Waals surface area contributed by atoms with E-state index in [4.69, 9.17) is 6.42 Å². The second-order valence-electron chi connectivity index (χ2n) is 3.45. The fraction of sp³-hybridized carbons (Fsp3) is 0.250. The van der Waals surface area contributed by atoms with Gasteiger partial charge < -0.3 is 10.6 Å². The molecule has 0 spiro atoms. The van der Waals surface area contributed by atoms with E-state index >= 15 is 0 Å². The molecule has 18 heavy (non-hydrogen) atoms. The topological polar surface area (TPSA) is 84.3 Å². The number of anilines is 1. The van der Waals surface area contributed by atoms with Gasteiger partial charge in [0.25, 0.3) is 11.6 Å². The number of benzene rings is 1. The summed E-state index contributed by atoms with van der Waals surface area (Å²) in [5.41, 5.74) is 0.447. The van der Waals surface area contributed by atoms with Crippen molar-refractivity contribution in [3.8, 4) is 12.3 Å². The van der Waals surface area contributed by atoms with Crippen LogP contribution in [0, 0.1) is 22.5 Å². The maximum absolute atomic E-state index is 11.4. The van der Waals surface area contributed by atoms with Gasteiger partial charge in [0.1, 0.15) is 5.69 Å². The van der Waals surface area contributed by atoms with Gasteiger partial charge in [0.15, 0.2) is 0 Å². The number of hydrogen-bond acceptors (Lipinski definition) is 4. The fourth-order valence-corrected chi connectivity index (χ4v) is 1.39. The van der Waals surface area contributed by atoms with E-state index in [1.807, 2.05) is 0 Å². The Hall–Kier alpha value is -2.55. The van der Waals surface area contributed by atoms with Gasteiger partial charge in [-0.15, -0.1) is 12.3 Å². The van der Waals surface area contributed by atoms with Gasteiger partial charge in [0.2, 0.25) is 0 Å². The highest BCUT2D eigenvalue weighted by molar-refractivity contribution is 5.95. The molecule has 0 unspecified atom stereocenters. The number of nitro groups is 1. The first-order valence-electron chi connectivity index (χ1n) is 5.28. The summed E-state index contributed by atoms with van der Waals surface area (Å²) in [7, 11) is 1.47. The van der Waals surface area contributed by atoms with Crippen LogP contribution in [0.25, 0.3) is 0 Å². The lowest BCUT2D eigenvalue weighted by Gasteiger charge is -2.07. The largest absolute Gasteiger partial charge is 0.379 e. The van der Waals surface area contributed by atoms with Crippen LogP contribution in [0.1, 0.15) is 16.8 Å². The molecule has 0 aliphatic rings. The van der Waals surface area contributed by atoms with E-state index in [0.29, 0.717) is 18.7 Å². The molecule has 0 saturated carbocycles. The Labute approximate surface area is 105 Å². The quantitative estimate of drug-likeness (QED) is 0.356. The van der Waals surface area contributed by atoms with Crippen molar-refractivity contribution in [2.75, 3.05) is 18.9 Å². The third-order valence-electron chi connectivity index (χ3n) is 2.27. The lowest BCUT2D eigenvalue weighted by Crippen LogP contribution is -2.18. The number of hydrogen-bond donors (Lipinski definition) is 2. The first-order valence-corrected chi connectivity index (χ1v) is 5.28. The lowest BCUT2D eigenvalue weighted by molar-refractivity contribution is -0.384. The predicted octanol–water partition coefficient (Wildman–Crippen LogP) is 1.39. The standard InChI is InChI=1S/C12H13N3O3/c1-3-4-7-14-10-6-5-9(12(16)13-2)8-11(10)15(17)18/h1,5-6,8,14H,4,7H2,2H3,(H,13,16). The van der Waals surface area contributed by atoms with Crippen LogP contribution in [0.5, 0.6) is 0 Å². The second kappa shape index (κ2) is 6.25. The van der Waals surface area contributed by atoms with Crippen molar-refractivity contribution < 1.29 is 9.72 Å². The third-order valence-corrected chi connectivity index (χ3v) is 2.27. The van der Waals surface area contributed by atoms with E-state index in [1.54, 1.807) is 0 Å². The minimum Gasteiger partial charge on any atom is -0.379 e. The highest BCUT2D eigenvalue weighted by Gasteiger charge is 2.16. The van der Waals surface area contributed by atoms with Crippen molar-refractivity contribution in [3.63, 3.8) is 0 Å². The number of nitrogens with zero attached hydrogens (tertiary/aromatic N) is 1. The maximum atomic E-state index is 11.4. The van der Waals surface area contributed by atoms with Crippen LogP contribution in [-0.4, -0.2) is 24.4 Å². The van der Waals surface area contributed by atoms with Gasteiger partial charge in [-0.3, -0.25) is 14.9 Å². The van der Waals surface area contributed by atoms with Crippen molar-refractivity contribution in [2.45, 2.75) is 6.42 Å². The molecule has 0 aromatic heterocycles. The monoisotopic (exact) mass is 247 g/mol. The SMILES string of the molecule is C#CCCNc1ccc(C(=O)NC)cc1[N+](=O)[O-]. The minimum atomic E-state index is -0.537. The number of nitrogens with one attached hydrogen (secondary N) is 2.